The number of hydrogen-bond donors (Lipinski definition) is 1. The van der Waals surface area contributed by atoms with Gasteiger partial charge < -0.3 is 10.1 Å². The fraction of sp³-hybridized carbons (Fsp3) is 0.714. The number of nitrogens with one attached hydrogen (secondary N) is 1. The molecule has 0 aromatic rings. The van der Waals surface area contributed by atoms with Crippen molar-refractivity contribution in [1.82, 2.24) is 5.32 Å². The third-order valence-corrected chi connectivity index (χ3v) is 2.76. The third kappa shape index (κ3) is 7.09. The van der Waals surface area contributed by atoms with Gasteiger partial charge in [0.2, 0.25) is 6.41 Å². The summed E-state index contributed by atoms with van der Waals surface area (Å²) in [4.78, 5) is 22.1. The molecule has 1 amide bonds. The van der Waals surface area contributed by atoms with E-state index in [0.717, 1.165) is 24.8 Å². The second kappa shape index (κ2) is 10.8. The highest BCUT2D eigenvalue weighted by Gasteiger charge is 2.13. The average Bonchev–Trinajstić information content (AvgIpc) is 2.35. The van der Waals surface area contributed by atoms with Gasteiger partial charge in [-0.1, -0.05) is 32.6 Å². The maximum Gasteiger partial charge on any atom is 0.354 e. The maximum atomic E-state index is 11.6. The number of hydrogen-bond acceptors (Lipinski definition) is 3. The fourth-order valence-corrected chi connectivity index (χ4v) is 1.74. The molecule has 0 aromatic carbocycles. The Morgan fingerprint density at radius 3 is 2.39 bits per heavy atom. The quantitative estimate of drug-likeness (QED) is 0.282. The Kier molecular flexibility index (Phi) is 10.0. The first-order valence-corrected chi connectivity index (χ1v) is 6.74. The van der Waals surface area contributed by atoms with Crippen molar-refractivity contribution in [3.8, 4) is 0 Å². The number of esters is 1. The summed E-state index contributed by atoms with van der Waals surface area (Å²) in [6.45, 7) is 6.10. The highest BCUT2D eigenvalue weighted by Crippen LogP contribution is 2.13. The van der Waals surface area contributed by atoms with Gasteiger partial charge in [-0.25, -0.2) is 4.79 Å². The van der Waals surface area contributed by atoms with Crippen molar-refractivity contribution in [3.05, 3.63) is 11.3 Å². The third-order valence-electron chi connectivity index (χ3n) is 2.76. The van der Waals surface area contributed by atoms with Crippen molar-refractivity contribution in [3.63, 3.8) is 0 Å². The lowest BCUT2D eigenvalue weighted by atomic mass is 10.1. The summed E-state index contributed by atoms with van der Waals surface area (Å²) in [7, 11) is 0. The summed E-state index contributed by atoms with van der Waals surface area (Å²) in [5, 5.41) is 2.44. The van der Waals surface area contributed by atoms with Crippen LogP contribution in [0, 0.1) is 0 Å². The first-order valence-electron chi connectivity index (χ1n) is 6.74. The van der Waals surface area contributed by atoms with Crippen molar-refractivity contribution in [2.45, 2.75) is 59.3 Å². The SMILES string of the molecule is CCCCCCC/C(C)=C(/NC=O)C(=O)OCC. The summed E-state index contributed by atoms with van der Waals surface area (Å²) in [5.74, 6) is -0.448. The van der Waals surface area contributed by atoms with Crippen molar-refractivity contribution >= 4 is 12.4 Å². The number of ether oxygens (including phenoxy) is 1. The lowest BCUT2D eigenvalue weighted by Crippen LogP contribution is -2.22. The molecule has 0 rings (SSSR count). The number of unbranched alkanes of at least 4 members (excludes halogenated alkanes) is 4. The molecule has 0 spiro atoms. The number of amides is 1. The Morgan fingerprint density at radius 1 is 1.17 bits per heavy atom. The molecule has 0 aliphatic carbocycles. The molecule has 0 aliphatic heterocycles. The second-order valence-corrected chi connectivity index (χ2v) is 4.30. The van der Waals surface area contributed by atoms with E-state index in [0.29, 0.717) is 18.7 Å². The van der Waals surface area contributed by atoms with Crippen molar-refractivity contribution in [2.24, 2.45) is 0 Å². The highest BCUT2D eigenvalue weighted by atomic mass is 16.5. The highest BCUT2D eigenvalue weighted by molar-refractivity contribution is 5.90. The van der Waals surface area contributed by atoms with Crippen LogP contribution in [-0.4, -0.2) is 19.0 Å². The molecule has 0 fully saturated rings. The molecule has 0 heterocycles. The number of carbonyl (C=O) groups is 2. The summed E-state index contributed by atoms with van der Waals surface area (Å²) in [5.41, 5.74) is 1.18. The van der Waals surface area contributed by atoms with E-state index in [1.54, 1.807) is 6.92 Å². The van der Waals surface area contributed by atoms with Crippen LogP contribution >= 0.6 is 0 Å². The lowest BCUT2D eigenvalue weighted by molar-refractivity contribution is -0.139. The van der Waals surface area contributed by atoms with Crippen LogP contribution in [0.4, 0.5) is 0 Å². The average molecular weight is 255 g/mol. The normalized spacial score (nSPS) is 11.7. The Morgan fingerprint density at radius 2 is 1.83 bits per heavy atom. The zero-order chi connectivity index (χ0) is 13.8. The molecule has 0 unspecified atom stereocenters. The van der Waals surface area contributed by atoms with Gasteiger partial charge in [-0.15, -0.1) is 0 Å². The van der Waals surface area contributed by atoms with Crippen LogP contribution in [0.1, 0.15) is 59.3 Å². The summed E-state index contributed by atoms with van der Waals surface area (Å²) in [6, 6.07) is 0. The van der Waals surface area contributed by atoms with E-state index in [2.05, 4.69) is 12.2 Å². The molecular formula is C14H25NO3. The largest absolute Gasteiger partial charge is 0.461 e. The lowest BCUT2D eigenvalue weighted by Gasteiger charge is -2.10. The zero-order valence-electron chi connectivity index (χ0n) is 11.8. The Labute approximate surface area is 110 Å². The second-order valence-electron chi connectivity index (χ2n) is 4.30. The number of carbonyl (C=O) groups excluding carboxylic acids is 2. The van der Waals surface area contributed by atoms with Crippen molar-refractivity contribution in [1.29, 1.82) is 0 Å². The molecule has 0 saturated heterocycles. The van der Waals surface area contributed by atoms with Gasteiger partial charge in [-0.2, -0.15) is 0 Å². The van der Waals surface area contributed by atoms with Crippen LogP contribution in [0.15, 0.2) is 11.3 Å². The molecule has 104 valence electrons. The molecule has 0 aromatic heterocycles. The van der Waals surface area contributed by atoms with E-state index >= 15 is 0 Å². The van der Waals surface area contributed by atoms with Gasteiger partial charge in [0.15, 0.2) is 0 Å². The first kappa shape index (κ1) is 16.7. The van der Waals surface area contributed by atoms with E-state index in [9.17, 15) is 9.59 Å². The van der Waals surface area contributed by atoms with Gasteiger partial charge >= 0.3 is 5.97 Å². The van der Waals surface area contributed by atoms with E-state index in [4.69, 9.17) is 4.74 Å². The van der Waals surface area contributed by atoms with E-state index in [-0.39, 0.29) is 0 Å². The van der Waals surface area contributed by atoms with Gasteiger partial charge in [0.25, 0.3) is 0 Å². The van der Waals surface area contributed by atoms with Crippen molar-refractivity contribution in [2.75, 3.05) is 6.61 Å². The smallest absolute Gasteiger partial charge is 0.354 e. The monoisotopic (exact) mass is 255 g/mol. The number of rotatable bonds is 10. The molecule has 4 nitrogen and oxygen atoms in total. The predicted molar refractivity (Wildman–Crippen MR) is 71.9 cm³/mol. The molecule has 18 heavy (non-hydrogen) atoms. The van der Waals surface area contributed by atoms with Gasteiger partial charge in [-0.05, 0) is 32.3 Å². The molecule has 4 heteroatoms. The Bertz CT molecular complexity index is 285. The topological polar surface area (TPSA) is 55.4 Å². The Hall–Kier alpha value is -1.32. The first-order chi connectivity index (χ1) is 8.67. The van der Waals surface area contributed by atoms with Gasteiger partial charge in [-0.3, -0.25) is 4.79 Å². The molecule has 0 bridgehead atoms. The minimum Gasteiger partial charge on any atom is -0.461 e. The molecule has 0 atom stereocenters. The van der Waals surface area contributed by atoms with Crippen LogP contribution in [0.2, 0.25) is 0 Å². The molecule has 1 N–H and O–H groups in total. The van der Waals surface area contributed by atoms with Gasteiger partial charge in [0.1, 0.15) is 5.70 Å². The van der Waals surface area contributed by atoms with Crippen LogP contribution in [0.25, 0.3) is 0 Å². The van der Waals surface area contributed by atoms with E-state index in [1.807, 2.05) is 6.92 Å². The predicted octanol–water partition coefficient (Wildman–Crippen LogP) is 2.93. The maximum absolute atomic E-state index is 11.6. The van der Waals surface area contributed by atoms with Crippen LogP contribution in [-0.2, 0) is 14.3 Å². The standard InChI is InChI=1S/C14H25NO3/c1-4-6-7-8-9-10-12(3)13(15-11-16)14(17)18-5-2/h11H,4-10H2,1-3H3,(H,15,16)/b13-12+. The summed E-state index contributed by atoms with van der Waals surface area (Å²) >= 11 is 0. The van der Waals surface area contributed by atoms with Crippen LogP contribution in [0.3, 0.4) is 0 Å². The van der Waals surface area contributed by atoms with Crippen LogP contribution in [0.5, 0.6) is 0 Å². The van der Waals surface area contributed by atoms with Gasteiger partial charge in [0.05, 0.1) is 6.61 Å². The molecule has 0 aliphatic rings. The molecule has 0 radical (unpaired) electrons. The summed E-state index contributed by atoms with van der Waals surface area (Å²) in [6.07, 6.45) is 7.22. The van der Waals surface area contributed by atoms with Crippen LogP contribution < -0.4 is 5.32 Å². The van der Waals surface area contributed by atoms with E-state index < -0.39 is 5.97 Å². The number of allylic oxidation sites excluding steroid dienone is 1. The minimum absolute atomic E-state index is 0.294. The summed E-state index contributed by atoms with van der Waals surface area (Å²) < 4.78 is 4.90. The Balaban J connectivity index is 4.29. The minimum atomic E-state index is -0.448. The van der Waals surface area contributed by atoms with Crippen molar-refractivity contribution < 1.29 is 14.3 Å². The molecular weight excluding hydrogens is 230 g/mol. The zero-order valence-corrected chi connectivity index (χ0v) is 11.8. The fourth-order valence-electron chi connectivity index (χ4n) is 1.74. The molecule has 0 saturated carbocycles. The van der Waals surface area contributed by atoms with Gasteiger partial charge in [0, 0.05) is 0 Å². The van der Waals surface area contributed by atoms with E-state index in [1.165, 1.54) is 19.3 Å².